The number of ether oxygens (including phenoxy) is 1. The van der Waals surface area contributed by atoms with Crippen LogP contribution in [-0.2, 0) is 4.74 Å². The predicted molar refractivity (Wildman–Crippen MR) is 56.3 cm³/mol. The Labute approximate surface area is 93.9 Å². The highest BCUT2D eigenvalue weighted by Gasteiger charge is 2.53. The molecule has 88 valence electrons. The SMILES string of the molecule is O=NNC(=O)OC12CC3CC(CC(C3)C1)C2. The normalized spacial score (nSPS) is 44.1. The molecule has 4 aliphatic rings. The molecule has 16 heavy (non-hydrogen) atoms. The van der Waals surface area contributed by atoms with Crippen molar-refractivity contribution in [3.05, 3.63) is 4.91 Å². The van der Waals surface area contributed by atoms with Crippen LogP contribution in [0.5, 0.6) is 0 Å². The third-order valence-electron chi connectivity index (χ3n) is 4.43. The van der Waals surface area contributed by atoms with Gasteiger partial charge in [0.1, 0.15) is 5.60 Å². The van der Waals surface area contributed by atoms with E-state index in [4.69, 9.17) is 4.74 Å². The minimum atomic E-state index is -0.683. The zero-order chi connectivity index (χ0) is 11.2. The van der Waals surface area contributed by atoms with Gasteiger partial charge < -0.3 is 4.74 Å². The first-order chi connectivity index (χ1) is 7.69. The van der Waals surface area contributed by atoms with Crippen molar-refractivity contribution < 1.29 is 9.53 Å². The van der Waals surface area contributed by atoms with Crippen LogP contribution in [-0.4, -0.2) is 11.7 Å². The monoisotopic (exact) mass is 224 g/mol. The van der Waals surface area contributed by atoms with Gasteiger partial charge in [-0.25, -0.2) is 4.79 Å². The highest BCUT2D eigenvalue weighted by Crippen LogP contribution is 2.57. The summed E-state index contributed by atoms with van der Waals surface area (Å²) in [5.41, 5.74) is 1.54. The summed E-state index contributed by atoms with van der Waals surface area (Å²) in [5, 5.41) is 2.36. The maximum atomic E-state index is 11.3. The Hall–Kier alpha value is -1.13. The zero-order valence-electron chi connectivity index (χ0n) is 9.15. The van der Waals surface area contributed by atoms with Crippen LogP contribution in [0.1, 0.15) is 38.5 Å². The molecule has 0 atom stereocenters. The summed E-state index contributed by atoms with van der Waals surface area (Å²) in [6.07, 6.45) is 6.15. The molecule has 4 rings (SSSR count). The van der Waals surface area contributed by atoms with E-state index in [-0.39, 0.29) is 5.60 Å². The molecule has 0 aromatic heterocycles. The molecule has 4 saturated carbocycles. The van der Waals surface area contributed by atoms with Crippen molar-refractivity contribution in [2.75, 3.05) is 0 Å². The number of rotatable bonds is 2. The number of hydrogen-bond acceptors (Lipinski definition) is 4. The summed E-state index contributed by atoms with van der Waals surface area (Å²) >= 11 is 0. The second-order valence-electron chi connectivity index (χ2n) is 5.69. The summed E-state index contributed by atoms with van der Waals surface area (Å²) in [6, 6.07) is 0. The average molecular weight is 224 g/mol. The van der Waals surface area contributed by atoms with Crippen molar-refractivity contribution in [2.45, 2.75) is 44.1 Å². The van der Waals surface area contributed by atoms with Crippen LogP contribution in [0.3, 0.4) is 0 Å². The first-order valence-electron chi connectivity index (χ1n) is 6.00. The lowest BCUT2D eigenvalue weighted by Gasteiger charge is -2.55. The molecule has 0 unspecified atom stereocenters. The van der Waals surface area contributed by atoms with E-state index in [9.17, 15) is 9.70 Å². The van der Waals surface area contributed by atoms with E-state index in [1.54, 1.807) is 0 Å². The number of nitrogens with zero attached hydrogens (tertiary/aromatic N) is 1. The minimum Gasteiger partial charge on any atom is -0.442 e. The average Bonchev–Trinajstić information content (AvgIpc) is 2.13. The van der Waals surface area contributed by atoms with Crippen LogP contribution in [0.2, 0.25) is 0 Å². The Morgan fingerprint density at radius 2 is 1.62 bits per heavy atom. The second kappa shape index (κ2) is 3.43. The summed E-state index contributed by atoms with van der Waals surface area (Å²) in [7, 11) is 0. The van der Waals surface area contributed by atoms with Crippen LogP contribution in [0.4, 0.5) is 4.79 Å². The van der Waals surface area contributed by atoms with Gasteiger partial charge in [-0.05, 0) is 56.3 Å². The van der Waals surface area contributed by atoms with E-state index >= 15 is 0 Å². The van der Waals surface area contributed by atoms with Gasteiger partial charge in [-0.3, -0.25) is 0 Å². The molecular weight excluding hydrogens is 208 g/mol. The minimum absolute atomic E-state index is 0.288. The summed E-state index contributed by atoms with van der Waals surface area (Å²) in [6.45, 7) is 0. The van der Waals surface area contributed by atoms with E-state index in [2.05, 4.69) is 5.29 Å². The molecule has 0 saturated heterocycles. The quantitative estimate of drug-likeness (QED) is 0.578. The molecule has 0 radical (unpaired) electrons. The van der Waals surface area contributed by atoms with Crippen LogP contribution < -0.4 is 5.43 Å². The maximum Gasteiger partial charge on any atom is 0.430 e. The van der Waals surface area contributed by atoms with Gasteiger partial charge in [0.2, 0.25) is 0 Å². The van der Waals surface area contributed by atoms with Gasteiger partial charge >= 0.3 is 6.09 Å². The van der Waals surface area contributed by atoms with Crippen molar-refractivity contribution in [3.63, 3.8) is 0 Å². The summed E-state index contributed by atoms with van der Waals surface area (Å²) in [4.78, 5) is 21.2. The molecule has 0 aromatic rings. The van der Waals surface area contributed by atoms with Crippen LogP contribution >= 0.6 is 0 Å². The van der Waals surface area contributed by atoms with Crippen molar-refractivity contribution in [2.24, 2.45) is 23.0 Å². The molecule has 0 heterocycles. The third-order valence-corrected chi connectivity index (χ3v) is 4.43. The van der Waals surface area contributed by atoms with Gasteiger partial charge in [-0.2, -0.15) is 5.43 Å². The van der Waals surface area contributed by atoms with E-state index in [0.29, 0.717) is 0 Å². The molecule has 5 nitrogen and oxygen atoms in total. The van der Waals surface area contributed by atoms with Gasteiger partial charge in [0.25, 0.3) is 0 Å². The van der Waals surface area contributed by atoms with Gasteiger partial charge in [0.15, 0.2) is 0 Å². The standard InChI is InChI=1S/C11H16N2O3/c14-10(12-13-15)16-11-4-7-1-8(5-11)3-9(2-7)6-11/h7-9H,1-6H2,(H,12,14,15). The van der Waals surface area contributed by atoms with Crippen LogP contribution in [0.25, 0.3) is 0 Å². The van der Waals surface area contributed by atoms with E-state index in [1.165, 1.54) is 19.3 Å². The van der Waals surface area contributed by atoms with Crippen molar-refractivity contribution >= 4 is 6.09 Å². The number of amides is 1. The predicted octanol–water partition coefficient (Wildman–Crippen LogP) is 2.36. The van der Waals surface area contributed by atoms with Gasteiger partial charge in [-0.15, -0.1) is 4.91 Å². The highest BCUT2D eigenvalue weighted by atomic mass is 16.6. The first kappa shape index (κ1) is 10.1. The molecule has 4 aliphatic carbocycles. The zero-order valence-corrected chi connectivity index (χ0v) is 9.15. The van der Waals surface area contributed by atoms with E-state index < -0.39 is 6.09 Å². The number of hydrogen-bond donors (Lipinski definition) is 1. The molecule has 4 fully saturated rings. The number of nitrogens with one attached hydrogen (secondary N) is 1. The first-order valence-corrected chi connectivity index (χ1v) is 6.00. The lowest BCUT2D eigenvalue weighted by atomic mass is 9.54. The summed E-state index contributed by atoms with van der Waals surface area (Å²) < 4.78 is 5.45. The van der Waals surface area contributed by atoms with Crippen LogP contribution in [0, 0.1) is 22.7 Å². The number of nitroso groups, excluding NO2 is 1. The Kier molecular flexibility index (Phi) is 2.16. The van der Waals surface area contributed by atoms with Crippen molar-refractivity contribution in [3.8, 4) is 0 Å². The Morgan fingerprint density at radius 1 is 1.12 bits per heavy atom. The Bertz CT molecular complexity index is 294. The molecule has 4 bridgehead atoms. The fourth-order valence-electron chi connectivity index (χ4n) is 4.41. The maximum absolute atomic E-state index is 11.3. The highest BCUT2D eigenvalue weighted by molar-refractivity contribution is 5.67. The van der Waals surface area contributed by atoms with Crippen molar-refractivity contribution in [1.29, 1.82) is 0 Å². The smallest absolute Gasteiger partial charge is 0.430 e. The Balaban J connectivity index is 1.73. The largest absolute Gasteiger partial charge is 0.442 e. The van der Waals surface area contributed by atoms with Gasteiger partial charge in [-0.1, -0.05) is 0 Å². The topological polar surface area (TPSA) is 67.8 Å². The Morgan fingerprint density at radius 3 is 2.06 bits per heavy atom. The van der Waals surface area contributed by atoms with Crippen LogP contribution in [0.15, 0.2) is 5.29 Å². The fraction of sp³-hybridized carbons (Fsp3) is 0.909. The molecular formula is C11H16N2O3. The van der Waals surface area contributed by atoms with Gasteiger partial charge in [0.05, 0.1) is 5.29 Å². The number of carbonyl (C=O) groups is 1. The van der Waals surface area contributed by atoms with Crippen molar-refractivity contribution in [1.82, 2.24) is 5.43 Å². The molecule has 0 aliphatic heterocycles. The molecule has 5 heteroatoms. The molecule has 0 aromatic carbocycles. The number of carbonyl (C=O) groups excluding carboxylic acids is 1. The third kappa shape index (κ3) is 1.58. The molecule has 1 N–H and O–H groups in total. The van der Waals surface area contributed by atoms with Gasteiger partial charge in [0, 0.05) is 0 Å². The fourth-order valence-corrected chi connectivity index (χ4v) is 4.41. The molecule has 1 amide bonds. The second-order valence-corrected chi connectivity index (χ2v) is 5.69. The van der Waals surface area contributed by atoms with E-state index in [1.807, 2.05) is 5.43 Å². The summed E-state index contributed by atoms with van der Waals surface area (Å²) in [5.74, 6) is 2.18. The lowest BCUT2D eigenvalue weighted by Crippen LogP contribution is -2.53. The van der Waals surface area contributed by atoms with E-state index in [0.717, 1.165) is 37.0 Å². The molecule has 0 spiro atoms. The lowest BCUT2D eigenvalue weighted by molar-refractivity contribution is -0.127.